The minimum atomic E-state index is -0.522. The lowest BCUT2D eigenvalue weighted by atomic mass is 10.2. The van der Waals surface area contributed by atoms with Gasteiger partial charge in [-0.05, 0) is 20.8 Å². The number of ether oxygens (including phenoxy) is 1. The highest BCUT2D eigenvalue weighted by Gasteiger charge is 2.37. The maximum atomic E-state index is 11.9. The van der Waals surface area contributed by atoms with E-state index in [1.165, 1.54) is 5.01 Å². The van der Waals surface area contributed by atoms with Crippen LogP contribution in [0.4, 0.5) is 9.59 Å². The van der Waals surface area contributed by atoms with Gasteiger partial charge in [-0.1, -0.05) is 11.8 Å². The highest BCUT2D eigenvalue weighted by Crippen LogP contribution is 2.22. The van der Waals surface area contributed by atoms with E-state index in [2.05, 4.69) is 0 Å². The number of hydrogen-bond acceptors (Lipinski definition) is 6. The second-order valence-electron chi connectivity index (χ2n) is 5.68. The number of nitrogens with zero attached hydrogens (tertiary/aromatic N) is 3. The fourth-order valence-corrected chi connectivity index (χ4v) is 2.73. The summed E-state index contributed by atoms with van der Waals surface area (Å²) in [4.78, 5) is 36.7. The second-order valence-corrected chi connectivity index (χ2v) is 6.61. The molecule has 8 heteroatoms. The summed E-state index contributed by atoms with van der Waals surface area (Å²) in [5, 5.41) is 2.66. The molecule has 0 aromatic carbocycles. The molecule has 2 aliphatic heterocycles. The third-order valence-electron chi connectivity index (χ3n) is 2.92. The number of amides is 3. The first-order valence-electron chi connectivity index (χ1n) is 6.50. The number of piperazine rings is 1. The van der Waals surface area contributed by atoms with E-state index in [0.29, 0.717) is 26.2 Å². The van der Waals surface area contributed by atoms with Gasteiger partial charge < -0.3 is 9.64 Å². The van der Waals surface area contributed by atoms with E-state index in [1.807, 2.05) is 20.8 Å². The predicted octanol–water partition coefficient (Wildman–Crippen LogP) is 1.15. The van der Waals surface area contributed by atoms with Crippen LogP contribution < -0.4 is 0 Å². The molecule has 0 unspecified atom stereocenters. The summed E-state index contributed by atoms with van der Waals surface area (Å²) in [6.07, 6.45) is -0.356. The van der Waals surface area contributed by atoms with Crippen LogP contribution in [0.15, 0.2) is 0 Å². The van der Waals surface area contributed by atoms with Crippen LogP contribution in [-0.2, 0) is 9.53 Å². The molecule has 0 bridgehead atoms. The summed E-state index contributed by atoms with van der Waals surface area (Å²) < 4.78 is 5.30. The van der Waals surface area contributed by atoms with Crippen molar-refractivity contribution in [3.05, 3.63) is 0 Å². The average molecular weight is 301 g/mol. The minimum absolute atomic E-state index is 0.189. The Morgan fingerprint density at radius 1 is 1.15 bits per heavy atom. The maximum absolute atomic E-state index is 11.9. The number of imide groups is 1. The lowest BCUT2D eigenvalue weighted by Crippen LogP contribution is -2.56. The van der Waals surface area contributed by atoms with E-state index in [0.717, 1.165) is 11.8 Å². The number of hydrogen-bond donors (Lipinski definition) is 0. The Labute approximate surface area is 122 Å². The Hall–Kier alpha value is -1.28. The summed E-state index contributed by atoms with van der Waals surface area (Å²) in [6.45, 7) is 7.25. The molecule has 0 N–H and O–H groups in total. The van der Waals surface area contributed by atoms with Crippen LogP contribution in [-0.4, -0.2) is 69.7 Å². The van der Waals surface area contributed by atoms with E-state index in [9.17, 15) is 14.4 Å². The van der Waals surface area contributed by atoms with E-state index in [-0.39, 0.29) is 23.0 Å². The van der Waals surface area contributed by atoms with Crippen LogP contribution in [0, 0.1) is 0 Å². The highest BCUT2D eigenvalue weighted by molar-refractivity contribution is 8.14. The normalized spacial score (nSPS) is 21.6. The largest absolute Gasteiger partial charge is 0.444 e. The molecule has 2 aliphatic rings. The van der Waals surface area contributed by atoms with Crippen molar-refractivity contribution in [2.45, 2.75) is 26.4 Å². The van der Waals surface area contributed by atoms with Gasteiger partial charge in [-0.25, -0.2) is 9.80 Å². The Bertz CT molecular complexity index is 411. The number of thioether (sulfide) groups is 1. The zero-order chi connectivity index (χ0) is 14.9. The van der Waals surface area contributed by atoms with Gasteiger partial charge in [-0.15, -0.1) is 0 Å². The van der Waals surface area contributed by atoms with Crippen LogP contribution in [0.1, 0.15) is 20.8 Å². The zero-order valence-electron chi connectivity index (χ0n) is 11.9. The van der Waals surface area contributed by atoms with E-state index in [4.69, 9.17) is 4.74 Å². The molecule has 112 valence electrons. The quantitative estimate of drug-likeness (QED) is 0.723. The molecule has 2 saturated heterocycles. The molecule has 7 nitrogen and oxygen atoms in total. The van der Waals surface area contributed by atoms with Crippen LogP contribution in [0.5, 0.6) is 0 Å². The maximum Gasteiger partial charge on any atom is 0.410 e. The third-order valence-corrected chi connectivity index (χ3v) is 3.73. The fourth-order valence-electron chi connectivity index (χ4n) is 2.03. The first-order valence-corrected chi connectivity index (χ1v) is 7.49. The van der Waals surface area contributed by atoms with Gasteiger partial charge in [-0.2, -0.15) is 5.01 Å². The minimum Gasteiger partial charge on any atom is -0.444 e. The van der Waals surface area contributed by atoms with Crippen molar-refractivity contribution in [2.75, 3.05) is 31.9 Å². The number of rotatable bonds is 1. The van der Waals surface area contributed by atoms with Crippen molar-refractivity contribution in [3.8, 4) is 0 Å². The molecule has 0 saturated carbocycles. The lowest BCUT2D eigenvalue weighted by Gasteiger charge is -2.38. The van der Waals surface area contributed by atoms with Crippen molar-refractivity contribution in [1.82, 2.24) is 14.9 Å². The van der Waals surface area contributed by atoms with E-state index in [1.54, 1.807) is 9.91 Å². The summed E-state index contributed by atoms with van der Waals surface area (Å²) in [5.74, 6) is 0.0104. The Morgan fingerprint density at radius 3 is 2.20 bits per heavy atom. The van der Waals surface area contributed by atoms with Crippen molar-refractivity contribution in [2.24, 2.45) is 0 Å². The number of carbonyl (C=O) groups excluding carboxylic acids is 3. The monoisotopic (exact) mass is 301 g/mol. The fraction of sp³-hybridized carbons (Fsp3) is 0.750. The smallest absolute Gasteiger partial charge is 0.410 e. The van der Waals surface area contributed by atoms with Crippen molar-refractivity contribution < 1.29 is 19.1 Å². The zero-order valence-corrected chi connectivity index (χ0v) is 12.7. The van der Waals surface area contributed by atoms with E-state index < -0.39 is 5.60 Å². The van der Waals surface area contributed by atoms with Crippen LogP contribution >= 0.6 is 11.8 Å². The third kappa shape index (κ3) is 3.43. The molecule has 20 heavy (non-hydrogen) atoms. The Balaban J connectivity index is 1.88. The van der Waals surface area contributed by atoms with E-state index >= 15 is 0 Å². The second kappa shape index (κ2) is 5.61. The van der Waals surface area contributed by atoms with Gasteiger partial charge in [0.25, 0.3) is 5.91 Å². The Morgan fingerprint density at radius 2 is 1.75 bits per heavy atom. The highest BCUT2D eigenvalue weighted by atomic mass is 32.2. The van der Waals surface area contributed by atoms with Gasteiger partial charge in [-0.3, -0.25) is 9.59 Å². The van der Waals surface area contributed by atoms with Crippen LogP contribution in [0.3, 0.4) is 0 Å². The van der Waals surface area contributed by atoms with Gasteiger partial charge in [0.05, 0.1) is 5.75 Å². The molecule has 2 heterocycles. The molecule has 0 aromatic rings. The number of hydrazine groups is 1. The van der Waals surface area contributed by atoms with Gasteiger partial charge >= 0.3 is 11.3 Å². The standard InChI is InChI=1S/C12H19N3O4S/c1-12(2,3)19-10(17)13-4-6-14(7-5-13)15-9(16)8-20-11(15)18/h4-8H2,1-3H3. The van der Waals surface area contributed by atoms with Gasteiger partial charge in [0.1, 0.15) is 5.60 Å². The van der Waals surface area contributed by atoms with Gasteiger partial charge in [0.15, 0.2) is 0 Å². The van der Waals surface area contributed by atoms with Gasteiger partial charge in [0.2, 0.25) is 0 Å². The summed E-state index contributed by atoms with van der Waals surface area (Å²) >= 11 is 1.01. The molecular formula is C12H19N3O4S. The molecular weight excluding hydrogens is 282 g/mol. The predicted molar refractivity (Wildman–Crippen MR) is 74.1 cm³/mol. The molecule has 0 spiro atoms. The van der Waals surface area contributed by atoms with Crippen molar-refractivity contribution >= 4 is 29.0 Å². The SMILES string of the molecule is CC(C)(C)OC(=O)N1CCN(N2C(=O)CSC2=O)CC1. The van der Waals surface area contributed by atoms with Gasteiger partial charge in [0, 0.05) is 26.2 Å². The molecule has 0 aromatic heterocycles. The van der Waals surface area contributed by atoms with Crippen LogP contribution in [0.25, 0.3) is 0 Å². The molecule has 0 aliphatic carbocycles. The molecule has 2 rings (SSSR count). The lowest BCUT2D eigenvalue weighted by molar-refractivity contribution is -0.138. The molecule has 0 radical (unpaired) electrons. The average Bonchev–Trinajstić information content (AvgIpc) is 2.67. The molecule has 2 fully saturated rings. The van der Waals surface area contributed by atoms with Crippen molar-refractivity contribution in [1.29, 1.82) is 0 Å². The summed E-state index contributed by atoms with van der Waals surface area (Å²) in [5.41, 5.74) is -0.522. The molecule has 0 atom stereocenters. The summed E-state index contributed by atoms with van der Waals surface area (Å²) in [6, 6.07) is 0. The first-order chi connectivity index (χ1) is 9.28. The number of carbonyl (C=O) groups is 3. The topological polar surface area (TPSA) is 70.2 Å². The summed E-state index contributed by atoms with van der Waals surface area (Å²) in [7, 11) is 0. The molecule has 3 amide bonds. The van der Waals surface area contributed by atoms with Crippen molar-refractivity contribution in [3.63, 3.8) is 0 Å². The Kier molecular flexibility index (Phi) is 4.24. The van der Waals surface area contributed by atoms with Crippen LogP contribution in [0.2, 0.25) is 0 Å². The first kappa shape index (κ1) is 15.1.